The number of halogens is 7. The molecule has 0 spiro atoms. The van der Waals surface area contributed by atoms with Gasteiger partial charge in [0, 0.05) is 17.4 Å². The number of hydrogen-bond acceptors (Lipinski definition) is 5. The first-order valence-corrected chi connectivity index (χ1v) is 9.63. The summed E-state index contributed by atoms with van der Waals surface area (Å²) in [6.45, 7) is 3.09. The van der Waals surface area contributed by atoms with Crippen molar-refractivity contribution in [1.82, 2.24) is 4.98 Å². The molecule has 2 heterocycles. The zero-order valence-electron chi connectivity index (χ0n) is 17.3. The summed E-state index contributed by atoms with van der Waals surface area (Å²) in [7, 11) is 0. The molecular weight excluding hydrogens is 478 g/mol. The van der Waals surface area contributed by atoms with Gasteiger partial charge in [-0.2, -0.15) is 22.0 Å². The van der Waals surface area contributed by atoms with Gasteiger partial charge in [0.2, 0.25) is 0 Å². The normalized spacial score (nSPS) is 21.7. The van der Waals surface area contributed by atoms with E-state index in [0.29, 0.717) is 12.3 Å². The molecule has 0 saturated heterocycles. The molecule has 1 aliphatic rings. The second-order valence-corrected chi connectivity index (χ2v) is 8.32. The van der Waals surface area contributed by atoms with Gasteiger partial charge in [-0.25, -0.2) is 14.4 Å². The molecule has 178 valence electrons. The molecule has 3 N–H and O–H groups in total. The summed E-state index contributed by atoms with van der Waals surface area (Å²) in [4.78, 5) is 19.6. The second-order valence-electron chi connectivity index (χ2n) is 7.91. The summed E-state index contributed by atoms with van der Waals surface area (Å²) >= 11 is 5.75. The number of ether oxygens (including phenoxy) is 1. The number of nitrogens with zero attached hydrogens (tertiary/aromatic N) is 2. The topological polar surface area (TPSA) is 89.6 Å². The minimum Gasteiger partial charge on any atom is -0.453 e. The van der Waals surface area contributed by atoms with Crippen LogP contribution in [0.3, 0.4) is 0 Å². The maximum atomic E-state index is 15.3. The Labute approximate surface area is 188 Å². The number of carbonyl (C=O) groups excluding carboxylic acids is 1. The first-order valence-electron chi connectivity index (χ1n) is 9.26. The van der Waals surface area contributed by atoms with Crippen LogP contribution in [0.15, 0.2) is 35.5 Å². The number of amidine groups is 1. The molecule has 0 saturated carbocycles. The van der Waals surface area contributed by atoms with Crippen molar-refractivity contribution >= 4 is 29.2 Å². The number of aliphatic imine (C=N–C) groups is 1. The lowest BCUT2D eigenvalue weighted by Gasteiger charge is -2.46. The highest BCUT2D eigenvalue weighted by atomic mass is 35.5. The lowest BCUT2D eigenvalue weighted by atomic mass is 9.77. The molecule has 1 amide bonds. The Balaban J connectivity index is 1.99. The molecule has 2 aromatic rings. The number of rotatable bonds is 3. The van der Waals surface area contributed by atoms with Gasteiger partial charge in [0.1, 0.15) is 11.5 Å². The zero-order chi connectivity index (χ0) is 25.0. The van der Waals surface area contributed by atoms with Gasteiger partial charge >= 0.3 is 12.1 Å². The van der Waals surface area contributed by atoms with Crippen LogP contribution >= 0.6 is 11.6 Å². The third-order valence-corrected chi connectivity index (χ3v) is 5.48. The van der Waals surface area contributed by atoms with E-state index in [4.69, 9.17) is 22.1 Å². The molecule has 0 unspecified atom stereocenters. The molecule has 0 aliphatic carbocycles. The fourth-order valence-electron chi connectivity index (χ4n) is 3.38. The van der Waals surface area contributed by atoms with E-state index < -0.39 is 62.8 Å². The van der Waals surface area contributed by atoms with Gasteiger partial charge in [-0.05, 0) is 45.0 Å². The lowest BCUT2D eigenvalue weighted by Crippen LogP contribution is -2.62. The number of carbonyl (C=O) groups is 1. The molecule has 1 aromatic carbocycles. The number of anilines is 1. The smallest absolute Gasteiger partial charge is 0.417 e. The van der Waals surface area contributed by atoms with E-state index in [9.17, 15) is 22.4 Å². The molecule has 33 heavy (non-hydrogen) atoms. The number of nitrogens with one attached hydrogen (secondary N) is 1. The van der Waals surface area contributed by atoms with Crippen LogP contribution in [-0.2, 0) is 16.5 Å². The zero-order valence-corrected chi connectivity index (χ0v) is 18.1. The summed E-state index contributed by atoms with van der Waals surface area (Å²) in [5.41, 5.74) is -1.58. The van der Waals surface area contributed by atoms with Gasteiger partial charge < -0.3 is 15.8 Å². The van der Waals surface area contributed by atoms with E-state index in [1.54, 1.807) is 0 Å². The molecule has 3 rings (SSSR count). The van der Waals surface area contributed by atoms with Crippen molar-refractivity contribution < 1.29 is 35.9 Å². The van der Waals surface area contributed by atoms with E-state index in [1.807, 2.05) is 0 Å². The Morgan fingerprint density at radius 2 is 1.82 bits per heavy atom. The van der Waals surface area contributed by atoms with Gasteiger partial charge in [-0.15, -0.1) is 0 Å². The maximum absolute atomic E-state index is 15.3. The quantitative estimate of drug-likeness (QED) is 0.580. The Morgan fingerprint density at radius 1 is 1.18 bits per heavy atom. The third kappa shape index (κ3) is 4.19. The monoisotopic (exact) mass is 494 g/mol. The fourth-order valence-corrected chi connectivity index (χ4v) is 3.63. The fraction of sp³-hybridized carbons (Fsp3) is 0.350. The van der Waals surface area contributed by atoms with Crippen molar-refractivity contribution in [2.75, 3.05) is 5.32 Å². The molecule has 1 aromatic heterocycles. The summed E-state index contributed by atoms with van der Waals surface area (Å²) in [6.07, 6.45) is -4.31. The number of pyridine rings is 1. The van der Waals surface area contributed by atoms with Gasteiger partial charge in [0.25, 0.3) is 11.9 Å². The minimum absolute atomic E-state index is 0.163. The van der Waals surface area contributed by atoms with Crippen molar-refractivity contribution in [3.05, 3.63) is 58.1 Å². The number of alkyl halides is 5. The van der Waals surface area contributed by atoms with Crippen molar-refractivity contribution in [2.45, 2.75) is 44.0 Å². The predicted octanol–water partition coefficient (Wildman–Crippen LogP) is 5.12. The first kappa shape index (κ1) is 24.6. The standard InChI is InChI=1S/C20H17ClF6N4O2/c1-17(2)20(26,27)18(3,31-16(28)33-17)11-7-10(4-5-13(11)22)30-15(32)14-12(21)6-9(8-29-14)19(23,24)25/h4-8H,1-3H3,(H2,28,31)(H,30,32)/t18-/m1/s1. The molecular formula is C20H17ClF6N4O2. The van der Waals surface area contributed by atoms with Crippen LogP contribution in [0.2, 0.25) is 5.02 Å². The van der Waals surface area contributed by atoms with Crippen LogP contribution < -0.4 is 11.1 Å². The molecule has 6 nitrogen and oxygen atoms in total. The Bertz CT molecular complexity index is 1150. The molecule has 13 heteroatoms. The molecule has 0 radical (unpaired) electrons. The first-order chi connectivity index (χ1) is 15.0. The third-order valence-electron chi connectivity index (χ3n) is 5.19. The van der Waals surface area contributed by atoms with Crippen LogP contribution in [0.4, 0.5) is 32.0 Å². The number of hydrogen-bond donors (Lipinski definition) is 2. The Morgan fingerprint density at radius 3 is 2.39 bits per heavy atom. The van der Waals surface area contributed by atoms with E-state index in [0.717, 1.165) is 39.0 Å². The van der Waals surface area contributed by atoms with Crippen LogP contribution in [0.1, 0.15) is 42.4 Å². The van der Waals surface area contributed by atoms with Crippen LogP contribution in [-0.4, -0.2) is 28.4 Å². The summed E-state index contributed by atoms with van der Waals surface area (Å²) in [6, 6.07) is 2.73. The van der Waals surface area contributed by atoms with E-state index in [1.165, 1.54) is 0 Å². The van der Waals surface area contributed by atoms with Gasteiger partial charge in [-0.1, -0.05) is 11.6 Å². The maximum Gasteiger partial charge on any atom is 0.417 e. The number of benzene rings is 1. The SMILES string of the molecule is CC1(C)OC(N)=N[C@](C)(c2cc(NC(=O)c3ncc(C(F)(F)F)cc3Cl)ccc2F)C1(F)F. The van der Waals surface area contributed by atoms with E-state index in [2.05, 4.69) is 15.3 Å². The predicted molar refractivity (Wildman–Crippen MR) is 108 cm³/mol. The highest BCUT2D eigenvalue weighted by molar-refractivity contribution is 6.34. The molecule has 1 aliphatic heterocycles. The van der Waals surface area contributed by atoms with Crippen molar-refractivity contribution in [3.63, 3.8) is 0 Å². The number of amides is 1. The molecule has 0 fully saturated rings. The summed E-state index contributed by atoms with van der Waals surface area (Å²) in [5, 5.41) is 1.66. The number of nitrogens with two attached hydrogens (primary N) is 1. The van der Waals surface area contributed by atoms with Gasteiger partial charge in [0.15, 0.2) is 11.1 Å². The second kappa shape index (κ2) is 7.79. The Kier molecular flexibility index (Phi) is 5.81. The van der Waals surface area contributed by atoms with Crippen LogP contribution in [0, 0.1) is 5.82 Å². The average molecular weight is 495 g/mol. The lowest BCUT2D eigenvalue weighted by molar-refractivity contribution is -0.207. The Hall–Kier alpha value is -3.02. The van der Waals surface area contributed by atoms with Crippen molar-refractivity contribution in [3.8, 4) is 0 Å². The highest BCUT2D eigenvalue weighted by Crippen LogP contribution is 2.52. The summed E-state index contributed by atoms with van der Waals surface area (Å²) in [5.74, 6) is -5.85. The van der Waals surface area contributed by atoms with Gasteiger partial charge in [0.05, 0.1) is 10.6 Å². The minimum atomic E-state index is -4.72. The van der Waals surface area contributed by atoms with Gasteiger partial charge in [-0.3, -0.25) is 4.79 Å². The van der Waals surface area contributed by atoms with Crippen molar-refractivity contribution in [1.29, 1.82) is 0 Å². The highest BCUT2D eigenvalue weighted by Gasteiger charge is 2.66. The number of aromatic nitrogens is 1. The molecule has 1 atom stereocenters. The van der Waals surface area contributed by atoms with Crippen molar-refractivity contribution in [2.24, 2.45) is 10.7 Å². The van der Waals surface area contributed by atoms with Crippen LogP contribution in [0.5, 0.6) is 0 Å². The largest absolute Gasteiger partial charge is 0.453 e. The average Bonchev–Trinajstić information content (AvgIpc) is 2.66. The van der Waals surface area contributed by atoms with E-state index in [-0.39, 0.29) is 5.69 Å². The molecule has 0 bridgehead atoms. The van der Waals surface area contributed by atoms with E-state index >= 15 is 8.78 Å². The van der Waals surface area contributed by atoms with Crippen LogP contribution in [0.25, 0.3) is 0 Å². The summed E-state index contributed by atoms with van der Waals surface area (Å²) < 4.78 is 88.4.